The van der Waals surface area contributed by atoms with Gasteiger partial charge in [-0.2, -0.15) is 0 Å². The molecule has 1 aromatic carbocycles. The summed E-state index contributed by atoms with van der Waals surface area (Å²) in [6.45, 7) is 3.88. The van der Waals surface area contributed by atoms with E-state index >= 15 is 0 Å². The Morgan fingerprint density at radius 2 is 1.87 bits per heavy atom. The number of carbonyl (C=O) groups is 1. The van der Waals surface area contributed by atoms with E-state index in [0.29, 0.717) is 45.6 Å². The van der Waals surface area contributed by atoms with Crippen molar-refractivity contribution in [2.24, 2.45) is 0 Å². The van der Waals surface area contributed by atoms with Gasteiger partial charge < -0.3 is 9.64 Å². The van der Waals surface area contributed by atoms with E-state index in [0.717, 1.165) is 5.75 Å². The summed E-state index contributed by atoms with van der Waals surface area (Å²) in [4.78, 5) is 14.0. The molecular weight excluding hydrogens is 316 g/mol. The molecule has 0 aromatic heterocycles. The standard InChI is InChI=1S/C16H24N2O4S/c1-2-23(20,21)18-11-6-10-17(12-13-18)16(19)9-14-22-15-7-4-3-5-8-15/h3-5,7-8H,2,6,9-14H2,1H3. The zero-order chi connectivity index (χ0) is 16.7. The van der Waals surface area contributed by atoms with Crippen LogP contribution >= 0.6 is 0 Å². The summed E-state index contributed by atoms with van der Waals surface area (Å²) >= 11 is 0. The Morgan fingerprint density at radius 1 is 1.13 bits per heavy atom. The molecule has 1 aliphatic rings. The molecule has 1 amide bonds. The third-order valence-corrected chi connectivity index (χ3v) is 5.78. The minimum absolute atomic E-state index is 0.0108. The first-order chi connectivity index (χ1) is 11.0. The Hall–Kier alpha value is -1.60. The first-order valence-electron chi connectivity index (χ1n) is 7.96. The van der Waals surface area contributed by atoms with Crippen LogP contribution in [0.2, 0.25) is 0 Å². The quantitative estimate of drug-likeness (QED) is 0.784. The van der Waals surface area contributed by atoms with Gasteiger partial charge in [0.2, 0.25) is 15.9 Å². The van der Waals surface area contributed by atoms with Crippen LogP contribution in [-0.2, 0) is 14.8 Å². The lowest BCUT2D eigenvalue weighted by molar-refractivity contribution is -0.131. The highest BCUT2D eigenvalue weighted by Crippen LogP contribution is 2.11. The van der Waals surface area contributed by atoms with Crippen molar-refractivity contribution >= 4 is 15.9 Å². The zero-order valence-electron chi connectivity index (χ0n) is 13.5. The van der Waals surface area contributed by atoms with Crippen molar-refractivity contribution in [1.29, 1.82) is 0 Å². The van der Waals surface area contributed by atoms with Crippen LogP contribution in [0.5, 0.6) is 5.75 Å². The first-order valence-corrected chi connectivity index (χ1v) is 9.57. The summed E-state index contributed by atoms with van der Waals surface area (Å²) < 4.78 is 30.9. The van der Waals surface area contributed by atoms with Gasteiger partial charge in [-0.1, -0.05) is 18.2 Å². The number of nitrogens with zero attached hydrogens (tertiary/aromatic N) is 2. The monoisotopic (exact) mass is 340 g/mol. The third kappa shape index (κ3) is 5.21. The van der Waals surface area contributed by atoms with Crippen LogP contribution in [0, 0.1) is 0 Å². The Balaban J connectivity index is 1.79. The second-order valence-corrected chi connectivity index (χ2v) is 7.70. The lowest BCUT2D eigenvalue weighted by atomic mass is 10.3. The van der Waals surface area contributed by atoms with Crippen molar-refractivity contribution < 1.29 is 17.9 Å². The van der Waals surface area contributed by atoms with Gasteiger partial charge in [0, 0.05) is 26.2 Å². The second kappa shape index (κ2) is 8.31. The van der Waals surface area contributed by atoms with Crippen LogP contribution in [0.3, 0.4) is 0 Å². The molecule has 2 rings (SSSR count). The molecule has 23 heavy (non-hydrogen) atoms. The molecule has 0 N–H and O–H groups in total. The van der Waals surface area contributed by atoms with E-state index in [1.165, 1.54) is 4.31 Å². The number of rotatable bonds is 6. The number of carbonyl (C=O) groups excluding carboxylic acids is 1. The summed E-state index contributed by atoms with van der Waals surface area (Å²) in [6.07, 6.45) is 0.972. The number of hydrogen-bond acceptors (Lipinski definition) is 4. The SMILES string of the molecule is CCS(=O)(=O)N1CCCN(C(=O)CCOc2ccccc2)CC1. The number of sulfonamides is 1. The topological polar surface area (TPSA) is 66.9 Å². The van der Waals surface area contributed by atoms with E-state index in [9.17, 15) is 13.2 Å². The molecule has 7 heteroatoms. The minimum Gasteiger partial charge on any atom is -0.493 e. The lowest BCUT2D eigenvalue weighted by Crippen LogP contribution is -2.38. The zero-order valence-corrected chi connectivity index (χ0v) is 14.3. The summed E-state index contributed by atoms with van der Waals surface area (Å²) in [5, 5.41) is 0. The molecule has 1 heterocycles. The largest absolute Gasteiger partial charge is 0.493 e. The summed E-state index contributed by atoms with van der Waals surface area (Å²) in [5.74, 6) is 0.860. The molecular formula is C16H24N2O4S. The maximum absolute atomic E-state index is 12.2. The molecule has 6 nitrogen and oxygen atoms in total. The number of benzene rings is 1. The summed E-state index contributed by atoms with van der Waals surface area (Å²) in [5.41, 5.74) is 0. The van der Waals surface area contributed by atoms with Crippen molar-refractivity contribution in [1.82, 2.24) is 9.21 Å². The van der Waals surface area contributed by atoms with Gasteiger partial charge in [0.25, 0.3) is 0 Å². The predicted octanol–water partition coefficient (Wildman–Crippen LogP) is 1.34. The molecule has 1 aliphatic heterocycles. The van der Waals surface area contributed by atoms with Crippen LogP contribution in [-0.4, -0.2) is 62.1 Å². The highest BCUT2D eigenvalue weighted by molar-refractivity contribution is 7.89. The average Bonchev–Trinajstić information content (AvgIpc) is 2.82. The molecule has 1 saturated heterocycles. The third-order valence-electron chi connectivity index (χ3n) is 3.89. The fourth-order valence-corrected chi connectivity index (χ4v) is 3.67. The van der Waals surface area contributed by atoms with Gasteiger partial charge >= 0.3 is 0 Å². The van der Waals surface area contributed by atoms with E-state index < -0.39 is 10.0 Å². The summed E-state index contributed by atoms with van der Waals surface area (Å²) in [7, 11) is -3.18. The van der Waals surface area contributed by atoms with Gasteiger partial charge in [-0.15, -0.1) is 0 Å². The van der Waals surface area contributed by atoms with Crippen LogP contribution in [0.15, 0.2) is 30.3 Å². The van der Waals surface area contributed by atoms with E-state index in [1.54, 1.807) is 11.8 Å². The minimum atomic E-state index is -3.18. The van der Waals surface area contributed by atoms with Crippen LogP contribution in [0.1, 0.15) is 19.8 Å². The first kappa shape index (κ1) is 17.7. The van der Waals surface area contributed by atoms with Crippen molar-refractivity contribution in [3.8, 4) is 5.75 Å². The number of ether oxygens (including phenoxy) is 1. The molecule has 1 aromatic rings. The van der Waals surface area contributed by atoms with Gasteiger partial charge in [0.15, 0.2) is 0 Å². The van der Waals surface area contributed by atoms with Crippen LogP contribution < -0.4 is 4.74 Å². The predicted molar refractivity (Wildman–Crippen MR) is 88.8 cm³/mol. The number of hydrogen-bond donors (Lipinski definition) is 0. The fourth-order valence-electron chi connectivity index (χ4n) is 2.53. The molecule has 0 spiro atoms. The van der Waals surface area contributed by atoms with Crippen molar-refractivity contribution in [2.45, 2.75) is 19.8 Å². The highest BCUT2D eigenvalue weighted by atomic mass is 32.2. The van der Waals surface area contributed by atoms with Crippen molar-refractivity contribution in [3.05, 3.63) is 30.3 Å². The average molecular weight is 340 g/mol. The van der Waals surface area contributed by atoms with Gasteiger partial charge in [-0.05, 0) is 25.5 Å². The Kier molecular flexibility index (Phi) is 6.41. The molecule has 1 fully saturated rings. The van der Waals surface area contributed by atoms with Crippen molar-refractivity contribution in [3.63, 3.8) is 0 Å². The van der Waals surface area contributed by atoms with E-state index in [-0.39, 0.29) is 11.7 Å². The molecule has 0 aliphatic carbocycles. The van der Waals surface area contributed by atoms with Crippen molar-refractivity contribution in [2.75, 3.05) is 38.5 Å². The van der Waals surface area contributed by atoms with Crippen LogP contribution in [0.4, 0.5) is 0 Å². The van der Waals surface area contributed by atoms with E-state index in [2.05, 4.69) is 0 Å². The fraction of sp³-hybridized carbons (Fsp3) is 0.562. The number of para-hydroxylation sites is 1. The Labute approximate surface area is 138 Å². The van der Waals surface area contributed by atoms with Crippen LogP contribution in [0.25, 0.3) is 0 Å². The maximum atomic E-state index is 12.2. The van der Waals surface area contributed by atoms with Gasteiger partial charge in [0.1, 0.15) is 5.75 Å². The van der Waals surface area contributed by atoms with E-state index in [1.807, 2.05) is 30.3 Å². The van der Waals surface area contributed by atoms with E-state index in [4.69, 9.17) is 4.74 Å². The normalized spacial score (nSPS) is 16.8. The molecule has 0 saturated carbocycles. The number of amides is 1. The van der Waals surface area contributed by atoms with Gasteiger partial charge in [0.05, 0.1) is 18.8 Å². The Bertz CT molecular complexity index is 604. The van der Waals surface area contributed by atoms with Gasteiger partial charge in [-0.3, -0.25) is 4.79 Å². The molecule has 0 unspecified atom stereocenters. The molecule has 128 valence electrons. The smallest absolute Gasteiger partial charge is 0.226 e. The second-order valence-electron chi connectivity index (χ2n) is 5.45. The molecule has 0 bridgehead atoms. The van der Waals surface area contributed by atoms with Gasteiger partial charge in [-0.25, -0.2) is 12.7 Å². The molecule has 0 radical (unpaired) electrons. The molecule has 0 atom stereocenters. The highest BCUT2D eigenvalue weighted by Gasteiger charge is 2.25. The maximum Gasteiger partial charge on any atom is 0.226 e. The summed E-state index contributed by atoms with van der Waals surface area (Å²) in [6, 6.07) is 9.38. The Morgan fingerprint density at radius 3 is 2.57 bits per heavy atom. The lowest BCUT2D eigenvalue weighted by Gasteiger charge is -2.21.